The fourth-order valence-electron chi connectivity index (χ4n) is 5.91. The first kappa shape index (κ1) is 18.3. The summed E-state index contributed by atoms with van der Waals surface area (Å²) in [6, 6.07) is 2.32. The molecule has 0 saturated heterocycles. The van der Waals surface area contributed by atoms with Gasteiger partial charge in [-0.1, -0.05) is 25.8 Å². The number of fused-ring (bicyclic) bond motifs is 1. The third-order valence-corrected chi connectivity index (χ3v) is 7.53. The van der Waals surface area contributed by atoms with Gasteiger partial charge in [0, 0.05) is 5.92 Å². The van der Waals surface area contributed by atoms with E-state index in [1.807, 2.05) is 0 Å². The summed E-state index contributed by atoms with van der Waals surface area (Å²) < 4.78 is 57.3. The Bertz CT molecular complexity index is 652. The second-order valence-electron chi connectivity index (χ2n) is 9.02. The maximum atomic E-state index is 14.9. The van der Waals surface area contributed by atoms with Crippen LogP contribution in [-0.4, -0.2) is 0 Å². The maximum absolute atomic E-state index is 14.9. The van der Waals surface area contributed by atoms with Gasteiger partial charge in [0.15, 0.2) is 11.6 Å². The van der Waals surface area contributed by atoms with Gasteiger partial charge in [-0.25, -0.2) is 17.6 Å². The van der Waals surface area contributed by atoms with Gasteiger partial charge in [-0.15, -0.1) is 0 Å². The Hall–Kier alpha value is -1.06. The van der Waals surface area contributed by atoms with Crippen molar-refractivity contribution in [2.75, 3.05) is 0 Å². The summed E-state index contributed by atoms with van der Waals surface area (Å²) in [5, 5.41) is 0. The highest BCUT2D eigenvalue weighted by molar-refractivity contribution is 5.39. The van der Waals surface area contributed by atoms with Gasteiger partial charge in [-0.3, -0.25) is 0 Å². The molecular formula is C22H28F4. The van der Waals surface area contributed by atoms with E-state index in [9.17, 15) is 17.6 Å². The summed E-state index contributed by atoms with van der Waals surface area (Å²) in [4.78, 5) is 0. The van der Waals surface area contributed by atoms with Gasteiger partial charge in [0.05, 0.1) is 5.56 Å². The van der Waals surface area contributed by atoms with Crippen LogP contribution in [0.15, 0.2) is 12.1 Å². The molecule has 1 atom stereocenters. The molecule has 2 fully saturated rings. The van der Waals surface area contributed by atoms with Crippen molar-refractivity contribution in [3.8, 4) is 0 Å². The van der Waals surface area contributed by atoms with Crippen molar-refractivity contribution in [2.24, 2.45) is 29.6 Å². The van der Waals surface area contributed by atoms with Crippen molar-refractivity contribution in [1.29, 1.82) is 0 Å². The Morgan fingerprint density at radius 3 is 1.96 bits per heavy atom. The van der Waals surface area contributed by atoms with E-state index in [-0.39, 0.29) is 12.3 Å². The Labute approximate surface area is 153 Å². The predicted molar refractivity (Wildman–Crippen MR) is 94.0 cm³/mol. The molecule has 1 unspecified atom stereocenters. The van der Waals surface area contributed by atoms with E-state index < -0.39 is 29.0 Å². The van der Waals surface area contributed by atoms with Crippen LogP contribution in [0.1, 0.15) is 69.4 Å². The molecule has 3 aliphatic rings. The average Bonchev–Trinajstić information content (AvgIpc) is 2.90. The largest absolute Gasteiger partial charge is 0.279 e. The smallest absolute Gasteiger partial charge is 0.204 e. The van der Waals surface area contributed by atoms with E-state index in [1.54, 1.807) is 0 Å². The van der Waals surface area contributed by atoms with E-state index in [4.69, 9.17) is 0 Å². The lowest BCUT2D eigenvalue weighted by atomic mass is 9.67. The van der Waals surface area contributed by atoms with Crippen LogP contribution in [0.3, 0.4) is 0 Å². The molecule has 4 rings (SSSR count). The zero-order chi connectivity index (χ0) is 18.5. The summed E-state index contributed by atoms with van der Waals surface area (Å²) in [5.74, 6) is -4.46. The number of rotatable bonds is 2. The highest BCUT2D eigenvalue weighted by Crippen LogP contribution is 2.54. The zero-order valence-corrected chi connectivity index (χ0v) is 15.4. The molecule has 0 amide bonds. The van der Waals surface area contributed by atoms with E-state index in [1.165, 1.54) is 31.7 Å². The van der Waals surface area contributed by atoms with Crippen LogP contribution in [0.5, 0.6) is 0 Å². The zero-order valence-electron chi connectivity index (χ0n) is 15.4. The lowest BCUT2D eigenvalue weighted by molar-refractivity contribution is -0.0856. The molecule has 4 heteroatoms. The second-order valence-corrected chi connectivity index (χ2v) is 9.02. The summed E-state index contributed by atoms with van der Waals surface area (Å²) in [6.07, 6.45) is 8.97. The van der Waals surface area contributed by atoms with Gasteiger partial charge in [-0.05, 0) is 80.2 Å². The van der Waals surface area contributed by atoms with Crippen LogP contribution in [-0.2, 0) is 12.3 Å². The van der Waals surface area contributed by atoms with Gasteiger partial charge in [0.1, 0.15) is 0 Å². The van der Waals surface area contributed by atoms with E-state index >= 15 is 0 Å². The van der Waals surface area contributed by atoms with Gasteiger partial charge < -0.3 is 0 Å². The van der Waals surface area contributed by atoms with Crippen LogP contribution in [0.25, 0.3) is 0 Å². The molecule has 1 aromatic carbocycles. The second kappa shape index (κ2) is 6.83. The number of hydrogen-bond acceptors (Lipinski definition) is 0. The first-order chi connectivity index (χ1) is 12.4. The molecule has 0 heterocycles. The molecule has 1 aromatic rings. The highest BCUT2D eigenvalue weighted by atomic mass is 19.3. The van der Waals surface area contributed by atoms with E-state index in [0.717, 1.165) is 43.6 Å². The predicted octanol–water partition coefficient (Wildman–Crippen LogP) is 6.86. The third-order valence-electron chi connectivity index (χ3n) is 7.53. The van der Waals surface area contributed by atoms with Crippen molar-refractivity contribution >= 4 is 0 Å². The highest BCUT2D eigenvalue weighted by Gasteiger charge is 2.54. The first-order valence-corrected chi connectivity index (χ1v) is 10.2. The summed E-state index contributed by atoms with van der Waals surface area (Å²) in [5.41, 5.74) is -0.381. The molecule has 0 spiro atoms. The molecule has 0 nitrogen and oxygen atoms in total. The minimum absolute atomic E-state index is 0.0846. The van der Waals surface area contributed by atoms with Gasteiger partial charge >= 0.3 is 0 Å². The molecule has 0 aromatic heterocycles. The van der Waals surface area contributed by atoms with Crippen molar-refractivity contribution in [2.45, 2.75) is 70.6 Å². The SMILES string of the molecule is CC1CCC(C2CCC(C3Cc4ccc(F)c(F)c4C3(F)F)CC2)CC1. The lowest BCUT2D eigenvalue weighted by Crippen LogP contribution is -2.33. The number of alkyl halides is 2. The Kier molecular flexibility index (Phi) is 4.81. The number of hydrogen-bond donors (Lipinski definition) is 0. The Balaban J connectivity index is 1.43. The minimum Gasteiger partial charge on any atom is -0.204 e. The monoisotopic (exact) mass is 368 g/mol. The number of benzene rings is 1. The fourth-order valence-corrected chi connectivity index (χ4v) is 5.91. The molecule has 3 aliphatic carbocycles. The summed E-state index contributed by atoms with van der Waals surface area (Å²) in [6.45, 7) is 2.31. The van der Waals surface area contributed by atoms with Gasteiger partial charge in [-0.2, -0.15) is 0 Å². The molecule has 144 valence electrons. The quantitative estimate of drug-likeness (QED) is 0.500. The normalized spacial score (nSPS) is 36.7. The van der Waals surface area contributed by atoms with Crippen LogP contribution in [0.4, 0.5) is 17.6 Å². The van der Waals surface area contributed by atoms with Crippen LogP contribution in [0, 0.1) is 41.2 Å². The molecule has 2 saturated carbocycles. The van der Waals surface area contributed by atoms with Gasteiger partial charge in [0.2, 0.25) is 0 Å². The van der Waals surface area contributed by atoms with Crippen molar-refractivity contribution in [3.05, 3.63) is 34.9 Å². The van der Waals surface area contributed by atoms with Crippen molar-refractivity contribution < 1.29 is 17.6 Å². The van der Waals surface area contributed by atoms with Crippen LogP contribution < -0.4 is 0 Å². The average molecular weight is 368 g/mol. The molecule has 0 radical (unpaired) electrons. The van der Waals surface area contributed by atoms with Crippen molar-refractivity contribution in [3.63, 3.8) is 0 Å². The first-order valence-electron chi connectivity index (χ1n) is 10.2. The maximum Gasteiger partial charge on any atom is 0.279 e. The summed E-state index contributed by atoms with van der Waals surface area (Å²) in [7, 11) is 0. The Morgan fingerprint density at radius 1 is 0.808 bits per heavy atom. The lowest BCUT2D eigenvalue weighted by Gasteiger charge is -2.39. The molecular weight excluding hydrogens is 340 g/mol. The number of halogens is 4. The molecule has 0 N–H and O–H groups in total. The van der Waals surface area contributed by atoms with E-state index in [0.29, 0.717) is 11.5 Å². The fraction of sp³-hybridized carbons (Fsp3) is 0.727. The molecule has 0 bridgehead atoms. The van der Waals surface area contributed by atoms with E-state index in [2.05, 4.69) is 6.92 Å². The standard InChI is InChI=1S/C22H28F4/c1-13-2-4-14(5-3-13)15-6-8-16(9-7-15)18-12-17-10-11-19(23)21(24)20(17)22(18,25)26/h10-11,13-16,18H,2-9,12H2,1H3. The van der Waals surface area contributed by atoms with Crippen molar-refractivity contribution in [1.82, 2.24) is 0 Å². The molecule has 26 heavy (non-hydrogen) atoms. The summed E-state index contributed by atoms with van der Waals surface area (Å²) >= 11 is 0. The van der Waals surface area contributed by atoms with Gasteiger partial charge in [0.25, 0.3) is 5.92 Å². The minimum atomic E-state index is -3.25. The third kappa shape index (κ3) is 3.07. The van der Waals surface area contributed by atoms with Crippen LogP contribution in [0.2, 0.25) is 0 Å². The molecule has 0 aliphatic heterocycles. The topological polar surface area (TPSA) is 0 Å². The Morgan fingerprint density at radius 2 is 1.35 bits per heavy atom. The van der Waals surface area contributed by atoms with Crippen LogP contribution >= 0.6 is 0 Å².